The van der Waals surface area contributed by atoms with Gasteiger partial charge in [0.1, 0.15) is 5.75 Å². The van der Waals surface area contributed by atoms with Crippen LogP contribution in [0.5, 0.6) is 5.75 Å². The predicted octanol–water partition coefficient (Wildman–Crippen LogP) is 4.17. The van der Waals surface area contributed by atoms with E-state index in [1.807, 2.05) is 0 Å². The molecule has 0 aromatic heterocycles. The van der Waals surface area contributed by atoms with Crippen LogP contribution in [-0.2, 0) is 5.41 Å². The molecule has 0 aliphatic heterocycles. The Morgan fingerprint density at radius 3 is 2.88 bits per heavy atom. The summed E-state index contributed by atoms with van der Waals surface area (Å²) in [5, 5.41) is 0. The third-order valence-corrected chi connectivity index (χ3v) is 3.15. The minimum atomic E-state index is 0.232. The second-order valence-electron chi connectivity index (χ2n) is 5.09. The third-order valence-electron chi connectivity index (χ3n) is 3.15. The van der Waals surface area contributed by atoms with Crippen molar-refractivity contribution in [2.75, 3.05) is 6.61 Å². The molecule has 0 atom stereocenters. The summed E-state index contributed by atoms with van der Waals surface area (Å²) in [6, 6.07) is 6.44. The van der Waals surface area contributed by atoms with Crippen molar-refractivity contribution in [2.24, 2.45) is 0 Å². The molecule has 0 fully saturated rings. The van der Waals surface area contributed by atoms with E-state index in [0.717, 1.165) is 25.2 Å². The molecule has 0 amide bonds. The number of fused-ring (bicyclic) bond motifs is 1. The lowest BCUT2D eigenvalue weighted by atomic mass is 9.76. The number of allylic oxidation sites excluding steroid dienone is 1. The maximum absolute atomic E-state index is 5.69. The van der Waals surface area contributed by atoms with Crippen LogP contribution in [0.25, 0.3) is 6.08 Å². The highest BCUT2D eigenvalue weighted by Gasteiger charge is 2.24. The molecule has 1 aliphatic carbocycles. The van der Waals surface area contributed by atoms with Gasteiger partial charge in [-0.05, 0) is 41.5 Å². The summed E-state index contributed by atoms with van der Waals surface area (Å²) in [6.45, 7) is 7.51. The van der Waals surface area contributed by atoms with E-state index in [-0.39, 0.29) is 5.41 Å². The van der Waals surface area contributed by atoms with E-state index in [4.69, 9.17) is 4.74 Å². The molecule has 1 aromatic rings. The average Bonchev–Trinajstić information content (AvgIpc) is 2.26. The van der Waals surface area contributed by atoms with Crippen LogP contribution < -0.4 is 4.74 Å². The summed E-state index contributed by atoms with van der Waals surface area (Å²) in [7, 11) is 0. The Balaban J connectivity index is 2.32. The number of hydrogen-bond acceptors (Lipinski definition) is 1. The molecule has 1 aromatic carbocycles. The Labute approximate surface area is 98.1 Å². The van der Waals surface area contributed by atoms with Crippen molar-refractivity contribution in [3.63, 3.8) is 0 Å². The Hall–Kier alpha value is -1.24. The van der Waals surface area contributed by atoms with Crippen molar-refractivity contribution in [1.82, 2.24) is 0 Å². The minimum Gasteiger partial charge on any atom is -0.494 e. The zero-order valence-electron chi connectivity index (χ0n) is 10.4. The summed E-state index contributed by atoms with van der Waals surface area (Å²) in [4.78, 5) is 0. The van der Waals surface area contributed by atoms with Gasteiger partial charge in [0.25, 0.3) is 0 Å². The highest BCUT2D eigenvalue weighted by atomic mass is 16.5. The highest BCUT2D eigenvalue weighted by Crippen LogP contribution is 2.36. The lowest BCUT2D eigenvalue weighted by Crippen LogP contribution is -2.19. The van der Waals surface area contributed by atoms with Gasteiger partial charge in [-0.3, -0.25) is 0 Å². The monoisotopic (exact) mass is 216 g/mol. The molecule has 0 saturated carbocycles. The van der Waals surface area contributed by atoms with Crippen LogP contribution in [0.1, 0.15) is 44.7 Å². The van der Waals surface area contributed by atoms with Crippen LogP contribution in [0, 0.1) is 0 Å². The summed E-state index contributed by atoms with van der Waals surface area (Å²) in [6.07, 6.45) is 6.64. The lowest BCUT2D eigenvalue weighted by molar-refractivity contribution is 0.316. The standard InChI is InChI=1S/C15H20O/c1-4-10-16-13-8-7-12-6-5-9-15(2,3)14(12)11-13/h5-8,11H,4,9-10H2,1-3H3. The molecule has 16 heavy (non-hydrogen) atoms. The molecule has 0 radical (unpaired) electrons. The molecule has 1 heteroatoms. The summed E-state index contributed by atoms with van der Waals surface area (Å²) < 4.78 is 5.69. The highest BCUT2D eigenvalue weighted by molar-refractivity contribution is 5.60. The first-order valence-electron chi connectivity index (χ1n) is 6.07. The first-order chi connectivity index (χ1) is 7.63. The van der Waals surface area contributed by atoms with Crippen molar-refractivity contribution < 1.29 is 4.74 Å². The predicted molar refractivity (Wildman–Crippen MR) is 68.9 cm³/mol. The van der Waals surface area contributed by atoms with Gasteiger partial charge in [0, 0.05) is 0 Å². The number of rotatable bonds is 3. The smallest absolute Gasteiger partial charge is 0.119 e. The molecule has 1 nitrogen and oxygen atoms in total. The van der Waals surface area contributed by atoms with Crippen LogP contribution >= 0.6 is 0 Å². The van der Waals surface area contributed by atoms with Crippen LogP contribution in [0.4, 0.5) is 0 Å². The van der Waals surface area contributed by atoms with Gasteiger partial charge in [0.15, 0.2) is 0 Å². The number of ether oxygens (including phenoxy) is 1. The SMILES string of the molecule is CCCOc1ccc2c(c1)C(C)(C)CC=C2. The van der Waals surface area contributed by atoms with Gasteiger partial charge in [0.05, 0.1) is 6.61 Å². The normalized spacial score (nSPS) is 16.9. The fourth-order valence-electron chi connectivity index (χ4n) is 2.17. The number of benzene rings is 1. The van der Waals surface area contributed by atoms with Crippen molar-refractivity contribution in [2.45, 2.75) is 39.0 Å². The van der Waals surface area contributed by atoms with E-state index in [2.05, 4.69) is 51.1 Å². The van der Waals surface area contributed by atoms with E-state index in [1.54, 1.807) is 0 Å². The van der Waals surface area contributed by atoms with Crippen molar-refractivity contribution in [3.05, 3.63) is 35.4 Å². The van der Waals surface area contributed by atoms with Gasteiger partial charge in [-0.15, -0.1) is 0 Å². The molecule has 2 rings (SSSR count). The van der Waals surface area contributed by atoms with Crippen molar-refractivity contribution >= 4 is 6.08 Å². The molecule has 0 spiro atoms. The van der Waals surface area contributed by atoms with E-state index >= 15 is 0 Å². The van der Waals surface area contributed by atoms with Gasteiger partial charge in [-0.2, -0.15) is 0 Å². The Morgan fingerprint density at radius 2 is 2.12 bits per heavy atom. The summed E-state index contributed by atoms with van der Waals surface area (Å²) in [5.41, 5.74) is 2.97. The Kier molecular flexibility index (Phi) is 3.04. The van der Waals surface area contributed by atoms with Gasteiger partial charge in [0.2, 0.25) is 0 Å². The van der Waals surface area contributed by atoms with Gasteiger partial charge in [-0.25, -0.2) is 0 Å². The average molecular weight is 216 g/mol. The van der Waals surface area contributed by atoms with Gasteiger partial charge >= 0.3 is 0 Å². The molecule has 0 N–H and O–H groups in total. The summed E-state index contributed by atoms with van der Waals surface area (Å²) in [5.74, 6) is 1.00. The molecule has 86 valence electrons. The zero-order chi connectivity index (χ0) is 11.6. The molecule has 0 bridgehead atoms. The van der Waals surface area contributed by atoms with Gasteiger partial charge < -0.3 is 4.74 Å². The quantitative estimate of drug-likeness (QED) is 0.736. The van der Waals surface area contributed by atoms with Crippen LogP contribution in [-0.4, -0.2) is 6.61 Å². The second-order valence-corrected chi connectivity index (χ2v) is 5.09. The van der Waals surface area contributed by atoms with Gasteiger partial charge in [-0.1, -0.05) is 39.0 Å². The van der Waals surface area contributed by atoms with Crippen LogP contribution in [0.2, 0.25) is 0 Å². The van der Waals surface area contributed by atoms with E-state index in [1.165, 1.54) is 11.1 Å². The molecular weight excluding hydrogens is 196 g/mol. The fourth-order valence-corrected chi connectivity index (χ4v) is 2.17. The second kappa shape index (κ2) is 4.32. The van der Waals surface area contributed by atoms with Crippen LogP contribution in [0.3, 0.4) is 0 Å². The maximum atomic E-state index is 5.69. The molecule has 0 saturated heterocycles. The van der Waals surface area contributed by atoms with Crippen molar-refractivity contribution in [1.29, 1.82) is 0 Å². The zero-order valence-corrected chi connectivity index (χ0v) is 10.4. The fraction of sp³-hybridized carbons (Fsp3) is 0.467. The molecule has 0 unspecified atom stereocenters. The molecule has 1 aliphatic rings. The van der Waals surface area contributed by atoms with Crippen LogP contribution in [0.15, 0.2) is 24.3 Å². The van der Waals surface area contributed by atoms with E-state index in [0.29, 0.717) is 0 Å². The molecule has 0 heterocycles. The lowest BCUT2D eigenvalue weighted by Gasteiger charge is -2.29. The van der Waals surface area contributed by atoms with E-state index < -0.39 is 0 Å². The maximum Gasteiger partial charge on any atom is 0.119 e. The van der Waals surface area contributed by atoms with E-state index in [9.17, 15) is 0 Å². The Bertz CT molecular complexity index is 402. The third kappa shape index (κ3) is 2.13. The van der Waals surface area contributed by atoms with Crippen molar-refractivity contribution in [3.8, 4) is 5.75 Å². The summed E-state index contributed by atoms with van der Waals surface area (Å²) >= 11 is 0. The topological polar surface area (TPSA) is 9.23 Å². The Morgan fingerprint density at radius 1 is 1.31 bits per heavy atom. The number of hydrogen-bond donors (Lipinski definition) is 0. The first-order valence-corrected chi connectivity index (χ1v) is 6.07. The molecular formula is C15H20O. The minimum absolute atomic E-state index is 0.232. The largest absolute Gasteiger partial charge is 0.494 e. The first kappa shape index (κ1) is 11.3.